The van der Waals surface area contributed by atoms with E-state index in [-0.39, 0.29) is 42.2 Å². The van der Waals surface area contributed by atoms with Crippen molar-refractivity contribution in [3.8, 4) is 11.4 Å². The summed E-state index contributed by atoms with van der Waals surface area (Å²) in [5.41, 5.74) is 5.58. The van der Waals surface area contributed by atoms with E-state index in [0.717, 1.165) is 47.6 Å². The smallest absolute Gasteiger partial charge is 0.310 e. The molecule has 0 bridgehead atoms. The van der Waals surface area contributed by atoms with Crippen molar-refractivity contribution in [2.24, 2.45) is 5.92 Å². The molecule has 0 saturated carbocycles. The number of anilines is 1. The third-order valence-corrected chi connectivity index (χ3v) is 11.6. The second-order valence-corrected chi connectivity index (χ2v) is 17.1. The van der Waals surface area contributed by atoms with Crippen LogP contribution in [-0.4, -0.2) is 70.0 Å². The van der Waals surface area contributed by atoms with Crippen molar-refractivity contribution < 1.29 is 19.5 Å². The molecular weight excluding hydrogens is 659 g/mol. The Morgan fingerprint density at radius 1 is 0.863 bits per heavy atom. The van der Waals surface area contributed by atoms with E-state index in [2.05, 4.69) is 76.0 Å². The van der Waals surface area contributed by atoms with Crippen LogP contribution in [0.25, 0.3) is 11.4 Å². The summed E-state index contributed by atoms with van der Waals surface area (Å²) >= 11 is 1.42. The summed E-state index contributed by atoms with van der Waals surface area (Å²) in [5.74, 6) is -0.909. The first-order valence-electron chi connectivity index (χ1n) is 17.9. The normalized spacial score (nSPS) is 16.4. The highest BCUT2D eigenvalue weighted by molar-refractivity contribution is 7.14. The molecule has 0 spiro atoms. The molecule has 0 aliphatic carbocycles. The van der Waals surface area contributed by atoms with Crippen LogP contribution in [0.15, 0.2) is 73.1 Å². The van der Waals surface area contributed by atoms with Gasteiger partial charge in [-0.3, -0.25) is 14.4 Å². The fourth-order valence-electron chi connectivity index (χ4n) is 6.71. The SMILES string of the molecule is CC(C)(C)c1ccc(C2CCN(c3cnc(-c4ccc(C[C@H](NC(=O)c5ccc(C(C)(C)C)s5)C(=O)N5CC(C(=O)O)C5)cc4)nc3)CC2)cc1. The summed E-state index contributed by atoms with van der Waals surface area (Å²) in [6, 6.07) is 19.8. The standard InChI is InChI=1S/C41H49N5O4S/c1-40(2,3)31-13-11-27(12-14-31)28-17-19-45(20-18-28)32-22-42-36(43-23-32)29-9-7-26(8-10-29)21-33(38(48)46-24-30(25-46)39(49)50)44-37(47)34-15-16-35(51-34)41(4,5)6/h7-16,22-23,28,30,33H,17-21,24-25H2,1-6H3,(H,44,47)(H,49,50)/t33-/m0/s1. The van der Waals surface area contributed by atoms with E-state index in [1.165, 1.54) is 27.4 Å². The van der Waals surface area contributed by atoms with Gasteiger partial charge in [-0.2, -0.15) is 0 Å². The number of nitrogens with one attached hydrogen (secondary N) is 1. The average Bonchev–Trinajstić information content (AvgIpc) is 3.59. The second kappa shape index (κ2) is 14.6. The van der Waals surface area contributed by atoms with Gasteiger partial charge in [-0.15, -0.1) is 11.3 Å². The minimum atomic E-state index is -0.916. The number of nitrogens with zero attached hydrogens (tertiary/aromatic N) is 4. The molecule has 2 saturated heterocycles. The molecule has 268 valence electrons. The quantitative estimate of drug-likeness (QED) is 0.191. The molecule has 0 radical (unpaired) electrons. The first kappa shape index (κ1) is 36.2. The van der Waals surface area contributed by atoms with E-state index < -0.39 is 17.9 Å². The van der Waals surface area contributed by atoms with Crippen LogP contribution < -0.4 is 10.2 Å². The Morgan fingerprint density at radius 2 is 1.49 bits per heavy atom. The van der Waals surface area contributed by atoms with Crippen LogP contribution in [0.3, 0.4) is 0 Å². The van der Waals surface area contributed by atoms with Crippen LogP contribution in [0.2, 0.25) is 0 Å². The zero-order chi connectivity index (χ0) is 36.5. The topological polar surface area (TPSA) is 116 Å². The minimum Gasteiger partial charge on any atom is -0.481 e. The molecule has 2 aliphatic rings. The van der Waals surface area contributed by atoms with Gasteiger partial charge in [0, 0.05) is 43.0 Å². The molecule has 2 aromatic heterocycles. The van der Waals surface area contributed by atoms with Crippen LogP contribution in [0, 0.1) is 5.92 Å². The fourth-order valence-corrected chi connectivity index (χ4v) is 7.68. The Kier molecular flexibility index (Phi) is 10.4. The van der Waals surface area contributed by atoms with Gasteiger partial charge in [0.1, 0.15) is 6.04 Å². The van der Waals surface area contributed by atoms with Gasteiger partial charge in [0.2, 0.25) is 5.91 Å². The summed E-state index contributed by atoms with van der Waals surface area (Å²) < 4.78 is 0. The largest absolute Gasteiger partial charge is 0.481 e. The number of carboxylic acids is 1. The van der Waals surface area contributed by atoms with Crippen LogP contribution in [0.5, 0.6) is 0 Å². The maximum atomic E-state index is 13.5. The summed E-state index contributed by atoms with van der Waals surface area (Å²) in [5, 5.41) is 12.3. The molecule has 2 fully saturated rings. The predicted molar refractivity (Wildman–Crippen MR) is 202 cm³/mol. The highest BCUT2D eigenvalue weighted by atomic mass is 32.1. The summed E-state index contributed by atoms with van der Waals surface area (Å²) in [7, 11) is 0. The lowest BCUT2D eigenvalue weighted by Gasteiger charge is -2.38. The fraction of sp³-hybridized carbons (Fsp3) is 0.439. The first-order chi connectivity index (χ1) is 24.2. The molecule has 1 atom stereocenters. The number of rotatable bonds is 9. The number of carbonyl (C=O) groups excluding carboxylic acids is 2. The number of benzene rings is 2. The van der Waals surface area contributed by atoms with Crippen molar-refractivity contribution in [3.05, 3.63) is 99.5 Å². The number of hydrogen-bond acceptors (Lipinski definition) is 7. The van der Waals surface area contributed by atoms with Gasteiger partial charge >= 0.3 is 5.97 Å². The highest BCUT2D eigenvalue weighted by Crippen LogP contribution is 2.33. The van der Waals surface area contributed by atoms with Gasteiger partial charge in [-0.25, -0.2) is 9.97 Å². The molecule has 2 amide bonds. The average molecular weight is 708 g/mol. The third-order valence-electron chi connectivity index (χ3n) is 10.1. The number of carbonyl (C=O) groups is 3. The molecule has 9 nitrogen and oxygen atoms in total. The van der Waals surface area contributed by atoms with Crippen molar-refractivity contribution in [1.82, 2.24) is 20.2 Å². The van der Waals surface area contributed by atoms with Crippen molar-refractivity contribution in [3.63, 3.8) is 0 Å². The Bertz CT molecular complexity index is 1840. The van der Waals surface area contributed by atoms with Gasteiger partial charge in [-0.1, -0.05) is 90.1 Å². The molecular formula is C41H49N5O4S. The molecule has 51 heavy (non-hydrogen) atoms. The van der Waals surface area contributed by atoms with E-state index in [4.69, 9.17) is 9.97 Å². The molecule has 2 N–H and O–H groups in total. The molecule has 2 aliphatic heterocycles. The maximum Gasteiger partial charge on any atom is 0.310 e. The lowest BCUT2D eigenvalue weighted by molar-refractivity contribution is -0.153. The Morgan fingerprint density at radius 3 is 2.04 bits per heavy atom. The van der Waals surface area contributed by atoms with Crippen molar-refractivity contribution in [1.29, 1.82) is 0 Å². The number of amides is 2. The molecule has 4 heterocycles. The number of aliphatic carboxylic acids is 1. The molecule has 4 aromatic rings. The van der Waals surface area contributed by atoms with Crippen LogP contribution >= 0.6 is 11.3 Å². The zero-order valence-corrected chi connectivity index (χ0v) is 31.3. The molecule has 10 heteroatoms. The van der Waals surface area contributed by atoms with Crippen molar-refractivity contribution in [2.45, 2.75) is 83.6 Å². The van der Waals surface area contributed by atoms with Crippen molar-refractivity contribution in [2.75, 3.05) is 31.1 Å². The third kappa shape index (κ3) is 8.50. The van der Waals surface area contributed by atoms with Crippen LogP contribution in [0.4, 0.5) is 5.69 Å². The highest BCUT2D eigenvalue weighted by Gasteiger charge is 2.39. The van der Waals surface area contributed by atoms with Crippen LogP contribution in [0.1, 0.15) is 91.5 Å². The summed E-state index contributed by atoms with van der Waals surface area (Å²) in [6.45, 7) is 15.2. The number of carboxylic acid groups (broad SMARTS) is 1. The minimum absolute atomic E-state index is 0.0926. The number of hydrogen-bond donors (Lipinski definition) is 2. The number of likely N-dealkylation sites (tertiary alicyclic amines) is 1. The number of thiophene rings is 1. The van der Waals surface area contributed by atoms with E-state index in [0.29, 0.717) is 16.6 Å². The molecule has 0 unspecified atom stereocenters. The van der Waals surface area contributed by atoms with Gasteiger partial charge in [-0.05, 0) is 58.4 Å². The molecule has 6 rings (SSSR count). The van der Waals surface area contributed by atoms with E-state index in [1.807, 2.05) is 42.7 Å². The second-order valence-electron chi connectivity index (χ2n) is 16.0. The van der Waals surface area contributed by atoms with Gasteiger partial charge < -0.3 is 20.2 Å². The van der Waals surface area contributed by atoms with Gasteiger partial charge in [0.25, 0.3) is 5.91 Å². The van der Waals surface area contributed by atoms with E-state index in [1.54, 1.807) is 6.07 Å². The lowest BCUT2D eigenvalue weighted by Crippen LogP contribution is -2.59. The number of piperidine rings is 1. The first-order valence-corrected chi connectivity index (χ1v) is 18.7. The van der Waals surface area contributed by atoms with E-state index in [9.17, 15) is 19.5 Å². The van der Waals surface area contributed by atoms with Crippen molar-refractivity contribution >= 4 is 34.8 Å². The Hall–Kier alpha value is -4.57. The number of aromatic nitrogens is 2. The predicted octanol–water partition coefficient (Wildman–Crippen LogP) is 7.07. The molecule has 2 aromatic carbocycles. The van der Waals surface area contributed by atoms with Gasteiger partial charge in [0.15, 0.2) is 5.82 Å². The Labute approximate surface area is 305 Å². The Balaban J connectivity index is 1.08. The van der Waals surface area contributed by atoms with Crippen LogP contribution in [-0.2, 0) is 26.8 Å². The zero-order valence-electron chi connectivity index (χ0n) is 30.5. The monoisotopic (exact) mass is 707 g/mol. The summed E-state index contributed by atoms with van der Waals surface area (Å²) in [4.78, 5) is 53.1. The maximum absolute atomic E-state index is 13.5. The van der Waals surface area contributed by atoms with Gasteiger partial charge in [0.05, 0.1) is 28.9 Å². The summed E-state index contributed by atoms with van der Waals surface area (Å²) in [6.07, 6.45) is 6.24. The lowest BCUT2D eigenvalue weighted by atomic mass is 9.84. The van der Waals surface area contributed by atoms with E-state index >= 15 is 0 Å².